The zero-order chi connectivity index (χ0) is 46.4. The minimum absolute atomic E-state index is 0.00729. The number of aromatic amines is 1. The Balaban J connectivity index is 0.832. The summed E-state index contributed by atoms with van der Waals surface area (Å²) < 4.78 is 12.5. The predicted molar refractivity (Wildman–Crippen MR) is 268 cm³/mol. The fourth-order valence-electron chi connectivity index (χ4n) is 12.4. The van der Waals surface area contributed by atoms with Crippen molar-refractivity contribution in [3.8, 4) is 11.5 Å². The van der Waals surface area contributed by atoms with Crippen molar-refractivity contribution in [1.29, 1.82) is 0 Å². The summed E-state index contributed by atoms with van der Waals surface area (Å²) in [5.74, 6) is 8.27. The topological polar surface area (TPSA) is 208 Å². The molecule has 1 spiro atoms. The third-order valence-electron chi connectivity index (χ3n) is 16.3. The highest BCUT2D eigenvalue weighted by Crippen LogP contribution is 2.62. The van der Waals surface area contributed by atoms with Crippen LogP contribution in [-0.4, -0.2) is 87.8 Å². The summed E-state index contributed by atoms with van der Waals surface area (Å²) in [6.45, 7) is 5.43. The molecule has 5 aliphatic carbocycles. The number of H-pyrrole nitrogens is 1. The highest BCUT2D eigenvalue weighted by atomic mass is 33.1. The summed E-state index contributed by atoms with van der Waals surface area (Å²) in [6.07, 6.45) is 18.4. The summed E-state index contributed by atoms with van der Waals surface area (Å²) >= 11 is 0. The molecule has 6 aliphatic rings. The maximum absolute atomic E-state index is 11.5. The molecule has 2 aromatic heterocycles. The molecule has 1 aromatic carbocycles. The Morgan fingerprint density at radius 3 is 2.71 bits per heavy atom. The number of aliphatic imine (C=N–C) groups is 1. The number of aliphatic hydroxyl groups is 3. The molecule has 66 heavy (non-hydrogen) atoms. The van der Waals surface area contributed by atoms with Gasteiger partial charge in [0.2, 0.25) is 0 Å². The van der Waals surface area contributed by atoms with Gasteiger partial charge in [-0.15, -0.1) is 0 Å². The lowest BCUT2D eigenvalue weighted by atomic mass is 9.64. The first kappa shape index (κ1) is 49.3. The van der Waals surface area contributed by atoms with E-state index in [9.17, 15) is 20.4 Å². The van der Waals surface area contributed by atoms with Crippen LogP contribution in [0.2, 0.25) is 0 Å². The molecule has 4 bridgehead atoms. The molecule has 1 saturated heterocycles. The number of rotatable bonds is 18. The van der Waals surface area contributed by atoms with Gasteiger partial charge in [-0.1, -0.05) is 66.0 Å². The first-order valence-electron chi connectivity index (χ1n) is 25.1. The monoisotopic (exact) mass is 947 g/mol. The average molecular weight is 947 g/mol. The van der Waals surface area contributed by atoms with E-state index in [1.54, 1.807) is 13.1 Å². The van der Waals surface area contributed by atoms with E-state index < -0.39 is 12.2 Å². The number of unbranched alkanes of at least 4 members (excludes halogenated alkanes) is 1. The van der Waals surface area contributed by atoms with Crippen LogP contribution in [-0.2, 0) is 25.9 Å². The minimum atomic E-state index is -0.906. The number of aryl methyl sites for hydroxylation is 3. The van der Waals surface area contributed by atoms with Gasteiger partial charge in [0.25, 0.3) is 0 Å². The number of aliphatic hydroxyl groups excluding tert-OH is 3. The molecule has 3 heterocycles. The number of guanidine groups is 1. The molecule has 12 nitrogen and oxygen atoms in total. The highest BCUT2D eigenvalue weighted by molar-refractivity contribution is 8.76. The van der Waals surface area contributed by atoms with Crippen molar-refractivity contribution < 1.29 is 29.6 Å². The largest absolute Gasteiger partial charge is 0.504 e. The molecule has 12 atom stereocenters. The zero-order valence-electron chi connectivity index (χ0n) is 39.6. The van der Waals surface area contributed by atoms with Gasteiger partial charge in [-0.05, 0) is 135 Å². The minimum Gasteiger partial charge on any atom is -0.504 e. The number of aromatic nitrogens is 1. The van der Waals surface area contributed by atoms with Crippen molar-refractivity contribution in [3.63, 3.8) is 0 Å². The van der Waals surface area contributed by atoms with E-state index in [4.69, 9.17) is 20.6 Å². The Hall–Kier alpha value is -3.11. The maximum Gasteiger partial charge on any atom is 0.188 e. The van der Waals surface area contributed by atoms with Gasteiger partial charge in [-0.3, -0.25) is 4.99 Å². The number of hydrogen-bond donors (Lipinski definition) is 9. The first-order valence-corrected chi connectivity index (χ1v) is 27.6. The molecule has 0 amide bonds. The number of hydrogen-bond acceptors (Lipinski definition) is 11. The number of benzene rings is 1. The molecule has 3 aromatic rings. The average Bonchev–Trinajstić information content (AvgIpc) is 4.03. The zero-order valence-corrected chi connectivity index (χ0v) is 41.2. The number of furan rings is 1. The van der Waals surface area contributed by atoms with Gasteiger partial charge >= 0.3 is 0 Å². The molecule has 0 radical (unpaired) electrons. The van der Waals surface area contributed by atoms with Crippen LogP contribution in [0.25, 0.3) is 0 Å². The fraction of sp³-hybridized carbons (Fsp3) is 0.673. The van der Waals surface area contributed by atoms with E-state index in [-0.39, 0.29) is 36.3 Å². The van der Waals surface area contributed by atoms with Crippen LogP contribution in [0.3, 0.4) is 0 Å². The third-order valence-corrected chi connectivity index (χ3v) is 18.8. The number of allylic oxidation sites excluding steroid dienone is 2. The molecule has 1 aliphatic heterocycles. The van der Waals surface area contributed by atoms with E-state index >= 15 is 0 Å². The smallest absolute Gasteiger partial charge is 0.188 e. The Bertz CT molecular complexity index is 2110. The number of aromatic hydroxyl groups is 1. The van der Waals surface area contributed by atoms with Crippen LogP contribution in [0.5, 0.6) is 11.5 Å². The highest BCUT2D eigenvalue weighted by Gasteiger charge is 2.53. The van der Waals surface area contributed by atoms with E-state index in [0.717, 1.165) is 84.9 Å². The lowest BCUT2D eigenvalue weighted by Crippen LogP contribution is -2.45. The summed E-state index contributed by atoms with van der Waals surface area (Å²) in [5, 5.41) is 49.6. The molecule has 364 valence electrons. The van der Waals surface area contributed by atoms with E-state index in [1.165, 1.54) is 49.8 Å². The molecule has 14 heteroatoms. The molecule has 12 unspecified atom stereocenters. The SMILES string of the molecule is CN=C(N)NC1CSSCC2CC(CCC1C)C(CCCCc1oc(CCc3ccc(O)c(OCC(O)c4cc5c([nH]4)C4C=CC6(CCCC6C4)C5CNCC(C)O)c3)cc1CO)CC2N. The van der Waals surface area contributed by atoms with Crippen LogP contribution in [0, 0.1) is 35.0 Å². The Morgan fingerprint density at radius 2 is 1.89 bits per heavy atom. The van der Waals surface area contributed by atoms with Gasteiger partial charge < -0.3 is 56.7 Å². The summed E-state index contributed by atoms with van der Waals surface area (Å²) in [6, 6.07) is 10.1. The quantitative estimate of drug-likeness (QED) is 0.0196. The van der Waals surface area contributed by atoms with Crippen molar-refractivity contribution in [1.82, 2.24) is 15.6 Å². The Kier molecular flexibility index (Phi) is 16.8. The third kappa shape index (κ3) is 11.5. The summed E-state index contributed by atoms with van der Waals surface area (Å²) in [4.78, 5) is 7.78. The Labute approximate surface area is 400 Å². The summed E-state index contributed by atoms with van der Waals surface area (Å²) in [7, 11) is 5.64. The number of phenolic OH excluding ortho intramolecular Hbond substituents is 1. The van der Waals surface area contributed by atoms with Crippen molar-refractivity contribution in [2.75, 3.05) is 38.2 Å². The number of nitrogens with zero attached hydrogens (tertiary/aromatic N) is 1. The van der Waals surface area contributed by atoms with Gasteiger partial charge in [-0.25, -0.2) is 0 Å². The van der Waals surface area contributed by atoms with Crippen molar-refractivity contribution in [3.05, 3.63) is 82.1 Å². The van der Waals surface area contributed by atoms with Crippen LogP contribution in [0.4, 0.5) is 0 Å². The maximum atomic E-state index is 11.5. The van der Waals surface area contributed by atoms with Gasteiger partial charge in [-0.2, -0.15) is 0 Å². The standard InChI is InChI=1S/C52H78N6O6S2/c1-31-10-13-35-20-38(29-65-66-30-45(31)58-51(54)55-3)43(53)23-34(35)7-4-5-9-48-37(27-59)22-40(64-48)14-11-33-12-15-46(61)49(19-33)63-28-47(62)44-24-41-42(26-56-25-32(2)60)52-17-6-8-39(52)21-36(16-18-52)50(41)57-44/h12,15-16,18-19,22,24,31-32,34-36,38-39,42-43,45,47,56-57,59-62H,4-11,13-14,17,20-21,23,25-30,53H2,1-3H3,(H3,54,55,58). The van der Waals surface area contributed by atoms with Crippen molar-refractivity contribution >= 4 is 27.5 Å². The molecular weight excluding hydrogens is 869 g/mol. The molecular formula is C52H78N6O6S2. The van der Waals surface area contributed by atoms with Crippen LogP contribution in [0.15, 0.2) is 51.9 Å². The molecule has 11 N–H and O–H groups in total. The molecule has 9 rings (SSSR count). The predicted octanol–water partition coefficient (Wildman–Crippen LogP) is 8.00. The number of phenols is 1. The van der Waals surface area contributed by atoms with Gasteiger partial charge in [0.05, 0.1) is 12.7 Å². The fourth-order valence-corrected chi connectivity index (χ4v) is 15.3. The Morgan fingerprint density at radius 1 is 1.05 bits per heavy atom. The van der Waals surface area contributed by atoms with Gasteiger partial charge in [0.1, 0.15) is 24.2 Å². The van der Waals surface area contributed by atoms with Gasteiger partial charge in [0, 0.05) is 85.4 Å². The van der Waals surface area contributed by atoms with E-state index in [1.807, 2.05) is 46.7 Å². The van der Waals surface area contributed by atoms with Crippen LogP contribution >= 0.6 is 21.6 Å². The first-order chi connectivity index (χ1) is 31.9. The number of ether oxygens (including phenoxy) is 1. The molecule has 3 fully saturated rings. The lowest BCUT2D eigenvalue weighted by molar-refractivity contribution is 0.103. The van der Waals surface area contributed by atoms with Crippen LogP contribution in [0.1, 0.15) is 142 Å². The second-order valence-electron chi connectivity index (χ2n) is 20.6. The van der Waals surface area contributed by atoms with Crippen molar-refractivity contribution in [2.24, 2.45) is 51.5 Å². The second kappa shape index (κ2) is 22.5. The number of fused-ring (bicyclic) bond motifs is 2. The number of nitrogens with two attached hydrogens (primary N) is 2. The summed E-state index contributed by atoms with van der Waals surface area (Å²) in [5.41, 5.74) is 18.1. The van der Waals surface area contributed by atoms with E-state index in [0.29, 0.717) is 72.6 Å². The lowest BCUT2D eigenvalue weighted by Gasteiger charge is -2.41. The number of nitrogens with one attached hydrogen (secondary N) is 3. The molecule has 2 saturated carbocycles. The van der Waals surface area contributed by atoms with Crippen LogP contribution < -0.4 is 26.8 Å². The van der Waals surface area contributed by atoms with Crippen molar-refractivity contribution in [2.45, 2.75) is 146 Å². The van der Waals surface area contributed by atoms with E-state index in [2.05, 4.69) is 45.8 Å². The normalized spacial score (nSPS) is 30.8. The van der Waals surface area contributed by atoms with Gasteiger partial charge in [0.15, 0.2) is 17.5 Å². The second-order valence-corrected chi connectivity index (χ2v) is 23.2.